The zero-order chi connectivity index (χ0) is 16.7. The molecule has 2 heterocycles. The van der Waals surface area contributed by atoms with Crippen LogP contribution in [0.25, 0.3) is 11.6 Å². The zero-order valence-electron chi connectivity index (χ0n) is 13.4. The van der Waals surface area contributed by atoms with Crippen molar-refractivity contribution >= 4 is 5.78 Å². The molecule has 0 aliphatic heterocycles. The highest BCUT2D eigenvalue weighted by Gasteiger charge is 2.31. The molecule has 4 rings (SSSR count). The van der Waals surface area contributed by atoms with Gasteiger partial charge in [-0.3, -0.25) is 4.79 Å². The Hall–Kier alpha value is -2.89. The summed E-state index contributed by atoms with van der Waals surface area (Å²) in [6.45, 7) is 4.18. The number of carbonyl (C=O) groups is 1. The second kappa shape index (κ2) is 5.63. The lowest BCUT2D eigenvalue weighted by molar-refractivity contribution is 0.0985. The van der Waals surface area contributed by atoms with Crippen molar-refractivity contribution in [3.05, 3.63) is 53.1 Å². The molecule has 24 heavy (non-hydrogen) atoms. The summed E-state index contributed by atoms with van der Waals surface area (Å²) in [7, 11) is 0. The Bertz CT molecular complexity index is 896. The van der Waals surface area contributed by atoms with Crippen molar-refractivity contribution in [2.45, 2.75) is 32.8 Å². The summed E-state index contributed by atoms with van der Waals surface area (Å²) in [5.41, 5.74) is 2.89. The number of aryl methyl sites for hydroxylation is 1. The first-order valence-corrected chi connectivity index (χ1v) is 7.79. The topological polar surface area (TPSA) is 78.4 Å². The molecular weight excluding hydrogens is 308 g/mol. The van der Waals surface area contributed by atoms with E-state index in [0.717, 1.165) is 11.1 Å². The number of carbonyl (C=O) groups excluding carboxylic acids is 1. The van der Waals surface area contributed by atoms with E-state index in [1.807, 2.05) is 19.1 Å². The standard InChI is InChI=1S/C18H16N2O4/c1-10-5-6-13(17-12(21)8-11(2)16(10)17)23-9-15-19-18(20-24-15)14-4-3-7-22-14/h3-7,11H,8-9H2,1-2H3/t11-/m1/s1. The van der Waals surface area contributed by atoms with Crippen molar-refractivity contribution in [2.75, 3.05) is 0 Å². The van der Waals surface area contributed by atoms with Crippen LogP contribution in [0.4, 0.5) is 0 Å². The molecule has 0 radical (unpaired) electrons. The minimum atomic E-state index is 0.102. The molecule has 1 aromatic carbocycles. The van der Waals surface area contributed by atoms with Gasteiger partial charge in [-0.05, 0) is 42.2 Å². The number of rotatable bonds is 4. The number of benzene rings is 1. The van der Waals surface area contributed by atoms with Gasteiger partial charge in [-0.1, -0.05) is 18.1 Å². The minimum absolute atomic E-state index is 0.102. The van der Waals surface area contributed by atoms with Gasteiger partial charge in [0.1, 0.15) is 5.75 Å². The molecule has 0 spiro atoms. The van der Waals surface area contributed by atoms with E-state index in [9.17, 15) is 4.79 Å². The van der Waals surface area contributed by atoms with Crippen molar-refractivity contribution in [3.8, 4) is 17.3 Å². The summed E-state index contributed by atoms with van der Waals surface area (Å²) in [5.74, 6) is 2.16. The van der Waals surface area contributed by atoms with Crippen molar-refractivity contribution in [1.29, 1.82) is 0 Å². The van der Waals surface area contributed by atoms with Gasteiger partial charge in [0.2, 0.25) is 5.82 Å². The lowest BCUT2D eigenvalue weighted by Gasteiger charge is -2.12. The largest absolute Gasteiger partial charge is 0.483 e. The van der Waals surface area contributed by atoms with Crippen LogP contribution in [0.2, 0.25) is 0 Å². The van der Waals surface area contributed by atoms with Gasteiger partial charge in [-0.25, -0.2) is 0 Å². The molecule has 0 fully saturated rings. The summed E-state index contributed by atoms with van der Waals surface area (Å²) in [6.07, 6.45) is 2.07. The van der Waals surface area contributed by atoms with Gasteiger partial charge in [0.05, 0.1) is 11.8 Å². The maximum Gasteiger partial charge on any atom is 0.264 e. The van der Waals surface area contributed by atoms with E-state index in [1.165, 1.54) is 0 Å². The lowest BCUT2D eigenvalue weighted by Crippen LogP contribution is -2.02. The molecule has 0 saturated carbocycles. The quantitative estimate of drug-likeness (QED) is 0.724. The lowest BCUT2D eigenvalue weighted by atomic mass is 9.97. The van der Waals surface area contributed by atoms with Gasteiger partial charge in [-0.15, -0.1) is 0 Å². The molecule has 6 heteroatoms. The number of hydrogen-bond donors (Lipinski definition) is 0. The second-order valence-electron chi connectivity index (χ2n) is 5.98. The molecule has 1 aliphatic carbocycles. The first-order valence-electron chi connectivity index (χ1n) is 7.79. The number of fused-ring (bicyclic) bond motifs is 1. The van der Waals surface area contributed by atoms with Crippen molar-refractivity contribution in [3.63, 3.8) is 0 Å². The fourth-order valence-electron chi connectivity index (χ4n) is 3.19. The SMILES string of the molecule is Cc1ccc(OCc2nc(-c3ccco3)no2)c2c1[C@H](C)CC2=O. The van der Waals surface area contributed by atoms with E-state index in [-0.39, 0.29) is 18.3 Å². The number of furan rings is 1. The molecule has 2 aromatic heterocycles. The van der Waals surface area contributed by atoms with Crippen LogP contribution < -0.4 is 4.74 Å². The van der Waals surface area contributed by atoms with Crippen molar-refractivity contribution < 1.29 is 18.5 Å². The Morgan fingerprint density at radius 1 is 1.33 bits per heavy atom. The van der Waals surface area contributed by atoms with Crippen LogP contribution >= 0.6 is 0 Å². The van der Waals surface area contributed by atoms with Gasteiger partial charge in [0.25, 0.3) is 5.89 Å². The Balaban J connectivity index is 1.56. The fraction of sp³-hybridized carbons (Fsp3) is 0.278. The van der Waals surface area contributed by atoms with Crippen LogP contribution in [0.1, 0.15) is 46.6 Å². The van der Waals surface area contributed by atoms with Crippen LogP contribution in [0, 0.1) is 6.92 Å². The Kier molecular flexibility index (Phi) is 3.45. The van der Waals surface area contributed by atoms with Gasteiger partial charge < -0.3 is 13.7 Å². The number of hydrogen-bond acceptors (Lipinski definition) is 6. The van der Waals surface area contributed by atoms with E-state index in [4.69, 9.17) is 13.7 Å². The third-order valence-electron chi connectivity index (χ3n) is 4.25. The van der Waals surface area contributed by atoms with Crippen LogP contribution in [0.3, 0.4) is 0 Å². The first-order chi connectivity index (χ1) is 11.6. The third-order valence-corrected chi connectivity index (χ3v) is 4.25. The van der Waals surface area contributed by atoms with Crippen molar-refractivity contribution in [2.24, 2.45) is 0 Å². The minimum Gasteiger partial charge on any atom is -0.483 e. The maximum atomic E-state index is 12.3. The third kappa shape index (κ3) is 2.40. The molecule has 3 aromatic rings. The highest BCUT2D eigenvalue weighted by molar-refractivity contribution is 6.04. The summed E-state index contributed by atoms with van der Waals surface area (Å²) >= 11 is 0. The van der Waals surface area contributed by atoms with E-state index >= 15 is 0 Å². The Morgan fingerprint density at radius 3 is 3.00 bits per heavy atom. The first kappa shape index (κ1) is 14.7. The average Bonchev–Trinajstić information content (AvgIpc) is 3.28. The summed E-state index contributed by atoms with van der Waals surface area (Å²) in [4.78, 5) is 16.5. The number of aromatic nitrogens is 2. The zero-order valence-corrected chi connectivity index (χ0v) is 13.4. The molecule has 122 valence electrons. The van der Waals surface area contributed by atoms with Crippen LogP contribution in [0.5, 0.6) is 5.75 Å². The van der Waals surface area contributed by atoms with Crippen LogP contribution in [-0.4, -0.2) is 15.9 Å². The summed E-state index contributed by atoms with van der Waals surface area (Å²) in [5, 5.41) is 3.86. The van der Waals surface area contributed by atoms with E-state index < -0.39 is 0 Å². The summed E-state index contributed by atoms with van der Waals surface area (Å²) < 4.78 is 16.2. The van der Waals surface area contributed by atoms with E-state index in [1.54, 1.807) is 18.4 Å². The molecule has 0 saturated heterocycles. The highest BCUT2D eigenvalue weighted by atomic mass is 16.5. The molecule has 0 N–H and O–H groups in total. The molecular formula is C18H16N2O4. The Morgan fingerprint density at radius 2 is 2.21 bits per heavy atom. The smallest absolute Gasteiger partial charge is 0.264 e. The number of ether oxygens (including phenoxy) is 1. The van der Waals surface area contributed by atoms with Gasteiger partial charge in [-0.2, -0.15) is 4.98 Å². The average molecular weight is 324 g/mol. The number of nitrogens with zero attached hydrogens (tertiary/aromatic N) is 2. The molecule has 0 amide bonds. The van der Waals surface area contributed by atoms with Crippen molar-refractivity contribution in [1.82, 2.24) is 10.1 Å². The maximum absolute atomic E-state index is 12.3. The highest BCUT2D eigenvalue weighted by Crippen LogP contribution is 2.40. The number of Topliss-reactive ketones (excluding diaryl/α,β-unsaturated/α-hetero) is 1. The number of ketones is 1. The van der Waals surface area contributed by atoms with E-state index in [2.05, 4.69) is 17.1 Å². The Labute approximate surface area is 138 Å². The predicted octanol–water partition coefficient (Wildman–Crippen LogP) is 3.91. The van der Waals surface area contributed by atoms with Gasteiger partial charge in [0.15, 0.2) is 18.2 Å². The van der Waals surface area contributed by atoms with Gasteiger partial charge >= 0.3 is 0 Å². The monoisotopic (exact) mass is 324 g/mol. The molecule has 6 nitrogen and oxygen atoms in total. The van der Waals surface area contributed by atoms with Crippen LogP contribution in [-0.2, 0) is 6.61 Å². The normalized spacial score (nSPS) is 16.4. The molecule has 0 unspecified atom stereocenters. The van der Waals surface area contributed by atoms with E-state index in [0.29, 0.717) is 35.2 Å². The predicted molar refractivity (Wildman–Crippen MR) is 84.9 cm³/mol. The second-order valence-corrected chi connectivity index (χ2v) is 5.98. The summed E-state index contributed by atoms with van der Waals surface area (Å²) in [6, 6.07) is 7.31. The van der Waals surface area contributed by atoms with Gasteiger partial charge in [0, 0.05) is 6.42 Å². The fourth-order valence-corrected chi connectivity index (χ4v) is 3.19. The molecule has 0 bridgehead atoms. The van der Waals surface area contributed by atoms with Crippen LogP contribution in [0.15, 0.2) is 39.5 Å². The molecule has 1 atom stereocenters. The molecule has 1 aliphatic rings.